The van der Waals surface area contributed by atoms with Crippen LogP contribution in [0.1, 0.15) is 49.3 Å². The molecule has 0 fully saturated rings. The van der Waals surface area contributed by atoms with Crippen LogP contribution in [0.2, 0.25) is 0 Å². The molecule has 0 amide bonds. The summed E-state index contributed by atoms with van der Waals surface area (Å²) in [7, 11) is 0. The van der Waals surface area contributed by atoms with Crippen LogP contribution in [0.4, 0.5) is 5.69 Å². The van der Waals surface area contributed by atoms with Crippen molar-refractivity contribution in [3.63, 3.8) is 0 Å². The maximum absolute atomic E-state index is 5.54. The average Bonchev–Trinajstić information content (AvgIpc) is 3.91. The van der Waals surface area contributed by atoms with Gasteiger partial charge in [-0.15, -0.1) is 0 Å². The van der Waals surface area contributed by atoms with E-state index in [1.165, 1.54) is 98.1 Å². The van der Waals surface area contributed by atoms with Gasteiger partial charge in [0.1, 0.15) is 0 Å². The summed E-state index contributed by atoms with van der Waals surface area (Å²) in [6.45, 7) is 4.83. The Labute approximate surface area is 347 Å². The van der Waals surface area contributed by atoms with Gasteiger partial charge in [0.05, 0.1) is 33.3 Å². The second kappa shape index (κ2) is 12.4. The van der Waals surface area contributed by atoms with Crippen molar-refractivity contribution < 1.29 is 0 Å². The van der Waals surface area contributed by atoms with E-state index in [0.717, 1.165) is 29.9 Å². The molecule has 12 aromatic rings. The molecule has 1 aliphatic rings. The Kier molecular flexibility index (Phi) is 6.96. The molecule has 2 atom stereocenters. The van der Waals surface area contributed by atoms with Gasteiger partial charge in [0, 0.05) is 49.6 Å². The zero-order valence-electron chi connectivity index (χ0n) is 33.7. The van der Waals surface area contributed by atoms with E-state index in [-0.39, 0.29) is 11.3 Å². The summed E-state index contributed by atoms with van der Waals surface area (Å²) < 4.78 is 5.03. The van der Waals surface area contributed by atoms with E-state index < -0.39 is 0 Å². The van der Waals surface area contributed by atoms with Gasteiger partial charge in [0.15, 0.2) is 0 Å². The number of benzene rings is 9. The van der Waals surface area contributed by atoms with Crippen LogP contribution in [0.5, 0.6) is 0 Å². The second-order valence-electron chi connectivity index (χ2n) is 17.3. The molecule has 0 radical (unpaired) electrons. The maximum Gasteiger partial charge on any atom is 0.0671 e. The molecule has 4 heterocycles. The molecule has 0 spiro atoms. The average molecular weight is 768 g/mol. The minimum Gasteiger partial charge on any atom is -0.309 e. The lowest BCUT2D eigenvalue weighted by atomic mass is 9.65. The summed E-state index contributed by atoms with van der Waals surface area (Å²) in [6, 6.07) is 67.8. The highest BCUT2D eigenvalue weighted by atomic mass is 15.0. The van der Waals surface area contributed by atoms with Crippen LogP contribution in [-0.2, 0) is 0 Å². The van der Waals surface area contributed by atoms with E-state index in [2.05, 4.69) is 205 Å². The van der Waals surface area contributed by atoms with Crippen molar-refractivity contribution in [3.05, 3.63) is 199 Å². The van der Waals surface area contributed by atoms with Crippen molar-refractivity contribution in [3.8, 4) is 5.69 Å². The highest BCUT2D eigenvalue weighted by molar-refractivity contribution is 6.36. The summed E-state index contributed by atoms with van der Waals surface area (Å²) in [4.78, 5) is 5.54. The molecule has 3 aromatic heterocycles. The Morgan fingerprint density at radius 3 is 2.02 bits per heavy atom. The van der Waals surface area contributed by atoms with Crippen LogP contribution in [0.15, 0.2) is 187 Å². The molecular formula is C57H41N3. The summed E-state index contributed by atoms with van der Waals surface area (Å²) in [5, 5.41) is 12.9. The van der Waals surface area contributed by atoms with E-state index in [9.17, 15) is 0 Å². The first-order valence-electron chi connectivity index (χ1n) is 21.4. The highest BCUT2D eigenvalue weighted by Gasteiger charge is 2.39. The van der Waals surface area contributed by atoms with Crippen molar-refractivity contribution in [1.82, 2.24) is 8.97 Å². The molecule has 0 bridgehead atoms. The molecule has 9 aromatic carbocycles. The number of hydrogen-bond acceptors (Lipinski definition) is 1. The third kappa shape index (κ3) is 4.58. The van der Waals surface area contributed by atoms with E-state index in [4.69, 9.17) is 4.99 Å². The maximum atomic E-state index is 5.54. The normalized spacial score (nSPS) is 17.2. The first-order valence-corrected chi connectivity index (χ1v) is 21.4. The number of rotatable bonds is 4. The van der Waals surface area contributed by atoms with Gasteiger partial charge in [-0.25, -0.2) is 0 Å². The van der Waals surface area contributed by atoms with Crippen LogP contribution in [-0.4, -0.2) is 14.7 Å². The lowest BCUT2D eigenvalue weighted by Crippen LogP contribution is -2.28. The fraction of sp³-hybridized carbons (Fsp3) is 0.105. The van der Waals surface area contributed by atoms with Crippen molar-refractivity contribution in [1.29, 1.82) is 0 Å². The molecule has 0 aliphatic carbocycles. The molecule has 3 heteroatoms. The molecule has 1 aliphatic heterocycles. The summed E-state index contributed by atoms with van der Waals surface area (Å²) in [5.41, 5.74) is 13.4. The molecule has 2 unspecified atom stereocenters. The molecule has 0 saturated carbocycles. The first-order chi connectivity index (χ1) is 29.6. The van der Waals surface area contributed by atoms with Crippen LogP contribution in [0, 0.1) is 5.41 Å². The van der Waals surface area contributed by atoms with Gasteiger partial charge in [0.2, 0.25) is 0 Å². The molecular weight excluding hydrogens is 727 g/mol. The van der Waals surface area contributed by atoms with Gasteiger partial charge in [-0.05, 0) is 99.0 Å². The van der Waals surface area contributed by atoms with Crippen LogP contribution in [0.3, 0.4) is 0 Å². The molecule has 3 nitrogen and oxygen atoms in total. The van der Waals surface area contributed by atoms with Gasteiger partial charge < -0.3 is 8.97 Å². The monoisotopic (exact) mass is 767 g/mol. The first kappa shape index (κ1) is 33.7. The zero-order valence-corrected chi connectivity index (χ0v) is 33.7. The van der Waals surface area contributed by atoms with Crippen LogP contribution in [0.25, 0.3) is 87.1 Å². The third-order valence-corrected chi connectivity index (χ3v) is 14.1. The Morgan fingerprint density at radius 2 is 1.20 bits per heavy atom. The van der Waals surface area contributed by atoms with Gasteiger partial charge in [-0.1, -0.05) is 153 Å². The van der Waals surface area contributed by atoms with Crippen LogP contribution < -0.4 is 0 Å². The van der Waals surface area contributed by atoms with Gasteiger partial charge in [0.25, 0.3) is 0 Å². The van der Waals surface area contributed by atoms with Crippen molar-refractivity contribution in [2.45, 2.75) is 32.6 Å². The molecule has 13 rings (SSSR count). The molecule has 0 saturated heterocycles. The smallest absolute Gasteiger partial charge is 0.0671 e. The number of fused-ring (bicyclic) bond motifs is 14. The summed E-state index contributed by atoms with van der Waals surface area (Å²) >= 11 is 0. The molecule has 0 N–H and O–H groups in total. The lowest BCUT2D eigenvalue weighted by Gasteiger charge is -2.37. The van der Waals surface area contributed by atoms with Crippen molar-refractivity contribution >= 4 is 92.8 Å². The van der Waals surface area contributed by atoms with Gasteiger partial charge in [-0.2, -0.15) is 0 Å². The minimum absolute atomic E-state index is 0.0537. The fourth-order valence-electron chi connectivity index (χ4n) is 11.2. The molecule has 60 heavy (non-hydrogen) atoms. The van der Waals surface area contributed by atoms with E-state index in [1.54, 1.807) is 0 Å². The largest absolute Gasteiger partial charge is 0.309 e. The Hall–Kier alpha value is -7.23. The Morgan fingerprint density at radius 1 is 0.533 bits per heavy atom. The SMILES string of the molecule is CCC1(C)CC(c2ccc(-n3c4ccc5ccccc5c4c4cc5c6ccccc6n6c7ccccc7c(c43)c56)cc2)=Nc2ccccc2C1c1ccc2ccccc2c1. The van der Waals surface area contributed by atoms with E-state index >= 15 is 0 Å². The zero-order chi connectivity index (χ0) is 39.7. The summed E-state index contributed by atoms with van der Waals surface area (Å²) in [6.07, 6.45) is 1.90. The van der Waals surface area contributed by atoms with Crippen molar-refractivity contribution in [2.24, 2.45) is 10.4 Å². The number of para-hydroxylation sites is 3. The lowest BCUT2D eigenvalue weighted by molar-refractivity contribution is 0.284. The number of nitrogens with zero attached hydrogens (tertiary/aromatic N) is 3. The van der Waals surface area contributed by atoms with E-state index in [0.29, 0.717) is 0 Å². The summed E-state index contributed by atoms with van der Waals surface area (Å²) in [5.74, 6) is 0.208. The number of aliphatic imine (C=N–C) groups is 1. The predicted octanol–water partition coefficient (Wildman–Crippen LogP) is 15.3. The minimum atomic E-state index is -0.0537. The highest BCUT2D eigenvalue weighted by Crippen LogP contribution is 2.52. The second-order valence-corrected chi connectivity index (χ2v) is 17.3. The number of aromatic nitrogens is 2. The van der Waals surface area contributed by atoms with Gasteiger partial charge >= 0.3 is 0 Å². The quantitative estimate of drug-likeness (QED) is 0.170. The topological polar surface area (TPSA) is 21.7 Å². The standard InChI is InChI=1S/C57H41N3/c1-3-57(2)34-48(58-47-21-11-8-19-43(47)54(57)39-25-24-35-14-4-5-16-38(35)32-39)37-26-29-40(30-27-37)59-51-31-28-36-15-6-7-17-41(36)52(51)46-33-45-42-18-9-12-22-49(42)60-50-23-13-10-20-44(50)53(55(45)60)56(46)59/h4-33,54H,3,34H2,1-2H3. The Balaban J connectivity index is 1.03. The van der Waals surface area contributed by atoms with Crippen molar-refractivity contribution in [2.75, 3.05) is 0 Å². The van der Waals surface area contributed by atoms with Gasteiger partial charge in [-0.3, -0.25) is 4.99 Å². The third-order valence-electron chi connectivity index (χ3n) is 14.1. The molecule has 284 valence electrons. The fourth-order valence-corrected chi connectivity index (χ4v) is 11.2. The van der Waals surface area contributed by atoms with Crippen LogP contribution >= 0.6 is 0 Å². The predicted molar refractivity (Wildman–Crippen MR) is 254 cm³/mol. The van der Waals surface area contributed by atoms with E-state index in [1.807, 2.05) is 0 Å². The Bertz CT molecular complexity index is 3750. The number of hydrogen-bond donors (Lipinski definition) is 0.